The molecule has 0 heterocycles. The number of anilines is 1. The average Bonchev–Trinajstić information content (AvgIpc) is 2.29. The van der Waals surface area contributed by atoms with Crippen LogP contribution in [-0.4, -0.2) is 29.3 Å². The van der Waals surface area contributed by atoms with Gasteiger partial charge in [0.25, 0.3) is 0 Å². The van der Waals surface area contributed by atoms with E-state index in [-0.39, 0.29) is 11.3 Å². The number of carboxylic acid groups (broad SMARTS) is 1. The van der Waals surface area contributed by atoms with Gasteiger partial charge >= 0.3 is 24.2 Å². The van der Waals surface area contributed by atoms with Crippen LogP contribution in [0, 0.1) is 0 Å². The minimum Gasteiger partial charge on any atom is -0.478 e. The van der Waals surface area contributed by atoms with Gasteiger partial charge in [-0.2, -0.15) is 8.78 Å². The minimum atomic E-state index is -4.80. The molecule has 8 heteroatoms. The molecule has 1 aromatic carbocycles. The standard InChI is InChI=1S/C10H7F4NO3/c11-8(12)10(13,14)9(18)15-6-3-1-5(2-4-6)7(16)17/h1-4,8H,(H,15,18)(H,16,17). The van der Waals surface area contributed by atoms with E-state index in [4.69, 9.17) is 5.11 Å². The molecule has 1 rings (SSSR count). The van der Waals surface area contributed by atoms with Crippen LogP contribution >= 0.6 is 0 Å². The quantitative estimate of drug-likeness (QED) is 0.820. The van der Waals surface area contributed by atoms with Gasteiger partial charge in [0.1, 0.15) is 0 Å². The van der Waals surface area contributed by atoms with Gasteiger partial charge in [-0.15, -0.1) is 0 Å². The molecule has 0 unspecified atom stereocenters. The van der Waals surface area contributed by atoms with Gasteiger partial charge < -0.3 is 10.4 Å². The molecule has 0 atom stereocenters. The number of alkyl halides is 4. The molecule has 0 aromatic heterocycles. The van der Waals surface area contributed by atoms with Crippen molar-refractivity contribution < 1.29 is 32.3 Å². The molecule has 0 spiro atoms. The summed E-state index contributed by atoms with van der Waals surface area (Å²) in [4.78, 5) is 21.3. The Morgan fingerprint density at radius 1 is 1.17 bits per heavy atom. The van der Waals surface area contributed by atoms with Gasteiger partial charge in [0, 0.05) is 5.69 Å². The zero-order chi connectivity index (χ0) is 13.9. The van der Waals surface area contributed by atoms with Gasteiger partial charge in [0.2, 0.25) is 0 Å². The Kier molecular flexibility index (Phi) is 3.89. The Labute approximate surface area is 98.2 Å². The maximum absolute atomic E-state index is 12.6. The highest BCUT2D eigenvalue weighted by Crippen LogP contribution is 2.24. The van der Waals surface area contributed by atoms with Crippen molar-refractivity contribution in [3.63, 3.8) is 0 Å². The van der Waals surface area contributed by atoms with Crippen molar-refractivity contribution in [2.24, 2.45) is 0 Å². The number of carboxylic acids is 1. The molecule has 0 saturated carbocycles. The Hall–Kier alpha value is -2.12. The van der Waals surface area contributed by atoms with E-state index in [2.05, 4.69) is 0 Å². The van der Waals surface area contributed by atoms with E-state index in [0.717, 1.165) is 24.3 Å². The number of hydrogen-bond acceptors (Lipinski definition) is 2. The number of carbonyl (C=O) groups excluding carboxylic acids is 1. The van der Waals surface area contributed by atoms with Crippen LogP contribution in [0.4, 0.5) is 23.2 Å². The van der Waals surface area contributed by atoms with Crippen LogP contribution in [-0.2, 0) is 4.79 Å². The fourth-order valence-corrected chi connectivity index (χ4v) is 1.01. The molecule has 2 N–H and O–H groups in total. The van der Waals surface area contributed by atoms with Crippen LogP contribution in [0.5, 0.6) is 0 Å². The number of halogens is 4. The highest BCUT2D eigenvalue weighted by atomic mass is 19.3. The van der Waals surface area contributed by atoms with Crippen LogP contribution in [0.2, 0.25) is 0 Å². The van der Waals surface area contributed by atoms with E-state index < -0.39 is 24.2 Å². The number of hydrogen-bond donors (Lipinski definition) is 2. The van der Waals surface area contributed by atoms with Gasteiger partial charge in [0.05, 0.1) is 5.56 Å². The summed E-state index contributed by atoms with van der Waals surface area (Å²) in [5.41, 5.74) is -0.334. The third-order valence-corrected chi connectivity index (χ3v) is 1.97. The number of nitrogens with one attached hydrogen (secondary N) is 1. The van der Waals surface area contributed by atoms with E-state index in [1.54, 1.807) is 5.32 Å². The lowest BCUT2D eigenvalue weighted by Gasteiger charge is -2.14. The summed E-state index contributed by atoms with van der Waals surface area (Å²) in [6.45, 7) is 0. The lowest BCUT2D eigenvalue weighted by molar-refractivity contribution is -0.163. The van der Waals surface area contributed by atoms with Gasteiger partial charge in [-0.3, -0.25) is 4.79 Å². The van der Waals surface area contributed by atoms with Crippen LogP contribution in [0.3, 0.4) is 0 Å². The topological polar surface area (TPSA) is 66.4 Å². The SMILES string of the molecule is O=C(O)c1ccc(NC(=O)C(F)(F)C(F)F)cc1. The fourth-order valence-electron chi connectivity index (χ4n) is 1.01. The summed E-state index contributed by atoms with van der Waals surface area (Å²) in [5.74, 6) is -8.20. The molecular weight excluding hydrogens is 258 g/mol. The third-order valence-electron chi connectivity index (χ3n) is 1.97. The van der Waals surface area contributed by atoms with Gasteiger partial charge in [-0.1, -0.05) is 0 Å². The second-order valence-electron chi connectivity index (χ2n) is 3.26. The van der Waals surface area contributed by atoms with Crippen molar-refractivity contribution in [1.82, 2.24) is 0 Å². The molecule has 1 amide bonds. The molecule has 18 heavy (non-hydrogen) atoms. The van der Waals surface area contributed by atoms with Crippen LogP contribution in [0.1, 0.15) is 10.4 Å². The lowest BCUT2D eigenvalue weighted by Crippen LogP contribution is -2.40. The number of rotatable bonds is 4. The van der Waals surface area contributed by atoms with Crippen molar-refractivity contribution in [3.8, 4) is 0 Å². The predicted molar refractivity (Wildman–Crippen MR) is 53.0 cm³/mol. The normalized spacial score (nSPS) is 11.4. The molecule has 98 valence electrons. The first-order chi connectivity index (χ1) is 8.25. The summed E-state index contributed by atoms with van der Waals surface area (Å²) < 4.78 is 48.8. The summed E-state index contributed by atoms with van der Waals surface area (Å²) in [7, 11) is 0. The van der Waals surface area contributed by atoms with E-state index in [1.807, 2.05) is 0 Å². The first-order valence-electron chi connectivity index (χ1n) is 4.56. The number of aromatic carboxylic acids is 1. The van der Waals surface area contributed by atoms with Crippen molar-refractivity contribution in [3.05, 3.63) is 29.8 Å². The molecule has 1 aromatic rings. The van der Waals surface area contributed by atoms with E-state index >= 15 is 0 Å². The molecule has 0 saturated heterocycles. The largest absolute Gasteiger partial charge is 0.478 e. The first-order valence-corrected chi connectivity index (χ1v) is 4.56. The maximum atomic E-state index is 12.6. The molecule has 0 fully saturated rings. The highest BCUT2D eigenvalue weighted by Gasteiger charge is 2.48. The molecule has 0 bridgehead atoms. The van der Waals surface area contributed by atoms with Crippen molar-refractivity contribution in [2.45, 2.75) is 12.3 Å². The van der Waals surface area contributed by atoms with E-state index in [0.29, 0.717) is 0 Å². The molecule has 0 aliphatic heterocycles. The Balaban J connectivity index is 2.80. The van der Waals surface area contributed by atoms with Crippen molar-refractivity contribution in [2.75, 3.05) is 5.32 Å². The van der Waals surface area contributed by atoms with Gasteiger partial charge in [-0.05, 0) is 24.3 Å². The monoisotopic (exact) mass is 265 g/mol. The molecule has 4 nitrogen and oxygen atoms in total. The molecule has 0 aliphatic rings. The van der Waals surface area contributed by atoms with Crippen molar-refractivity contribution in [1.29, 1.82) is 0 Å². The van der Waals surface area contributed by atoms with E-state index in [1.165, 1.54) is 0 Å². The second-order valence-corrected chi connectivity index (χ2v) is 3.26. The Morgan fingerprint density at radius 3 is 2.06 bits per heavy atom. The molecule has 0 aliphatic carbocycles. The Morgan fingerprint density at radius 2 is 1.67 bits per heavy atom. The maximum Gasteiger partial charge on any atom is 0.383 e. The van der Waals surface area contributed by atoms with Crippen LogP contribution < -0.4 is 5.32 Å². The van der Waals surface area contributed by atoms with E-state index in [9.17, 15) is 27.2 Å². The van der Waals surface area contributed by atoms with Crippen LogP contribution in [0.15, 0.2) is 24.3 Å². The number of benzene rings is 1. The molecular formula is C10H7F4NO3. The van der Waals surface area contributed by atoms with Crippen LogP contribution in [0.25, 0.3) is 0 Å². The first kappa shape index (κ1) is 13.9. The predicted octanol–water partition coefficient (Wildman–Crippen LogP) is 2.22. The lowest BCUT2D eigenvalue weighted by atomic mass is 10.2. The summed E-state index contributed by atoms with van der Waals surface area (Å²) in [6.07, 6.45) is -4.12. The molecule has 0 radical (unpaired) electrons. The smallest absolute Gasteiger partial charge is 0.383 e. The minimum absolute atomic E-state index is 0.131. The van der Waals surface area contributed by atoms with Gasteiger partial charge in [-0.25, -0.2) is 13.6 Å². The Bertz CT molecular complexity index is 459. The zero-order valence-corrected chi connectivity index (χ0v) is 8.66. The summed E-state index contributed by atoms with van der Waals surface area (Å²) in [6, 6.07) is 4.11. The second kappa shape index (κ2) is 5.03. The summed E-state index contributed by atoms with van der Waals surface area (Å²) in [5, 5.41) is 10.1. The summed E-state index contributed by atoms with van der Waals surface area (Å²) >= 11 is 0. The number of carbonyl (C=O) groups is 2. The average molecular weight is 265 g/mol. The fraction of sp³-hybridized carbons (Fsp3) is 0.200. The number of amides is 1. The third kappa shape index (κ3) is 2.96. The van der Waals surface area contributed by atoms with Crippen molar-refractivity contribution >= 4 is 17.6 Å². The highest BCUT2D eigenvalue weighted by molar-refractivity contribution is 5.97. The zero-order valence-electron chi connectivity index (χ0n) is 8.66. The van der Waals surface area contributed by atoms with Gasteiger partial charge in [0.15, 0.2) is 0 Å².